The lowest BCUT2D eigenvalue weighted by atomic mass is 9.81. The third kappa shape index (κ3) is 1.03. The SMILES string of the molecule is Nc1ccc2c3c4ccccc4c(c2c1N)CC3. The van der Waals surface area contributed by atoms with E-state index in [1.807, 2.05) is 6.07 Å². The minimum atomic E-state index is 0.687. The molecule has 0 spiro atoms. The Hall–Kier alpha value is -2.22. The van der Waals surface area contributed by atoms with Gasteiger partial charge in [-0.25, -0.2) is 0 Å². The van der Waals surface area contributed by atoms with E-state index in [1.165, 1.54) is 32.7 Å². The molecule has 2 aliphatic rings. The fourth-order valence-corrected chi connectivity index (χ4v) is 3.28. The molecule has 3 aromatic carbocycles. The molecule has 0 saturated carbocycles. The maximum Gasteiger partial charge on any atom is 0.0630 e. The van der Waals surface area contributed by atoms with Crippen molar-refractivity contribution in [2.75, 3.05) is 11.5 Å². The Labute approximate surface area is 105 Å². The molecule has 2 heteroatoms. The largest absolute Gasteiger partial charge is 0.397 e. The van der Waals surface area contributed by atoms with E-state index >= 15 is 0 Å². The van der Waals surface area contributed by atoms with Crippen molar-refractivity contribution in [3.05, 3.63) is 47.5 Å². The number of hydrogen-bond donors (Lipinski definition) is 2. The van der Waals surface area contributed by atoms with Crippen LogP contribution in [0.25, 0.3) is 21.5 Å². The number of hydrogen-bond acceptors (Lipinski definition) is 2. The van der Waals surface area contributed by atoms with Crippen LogP contribution in [0.2, 0.25) is 0 Å². The fraction of sp³-hybridized carbons (Fsp3) is 0.125. The van der Waals surface area contributed by atoms with Crippen LogP contribution in [-0.4, -0.2) is 0 Å². The van der Waals surface area contributed by atoms with Crippen LogP contribution in [0.1, 0.15) is 11.1 Å². The van der Waals surface area contributed by atoms with E-state index in [1.54, 1.807) is 0 Å². The molecule has 0 fully saturated rings. The topological polar surface area (TPSA) is 52.0 Å². The summed E-state index contributed by atoms with van der Waals surface area (Å²) in [5.74, 6) is 0. The highest BCUT2D eigenvalue weighted by molar-refractivity contribution is 6.13. The van der Waals surface area contributed by atoms with Crippen molar-refractivity contribution < 1.29 is 0 Å². The predicted molar refractivity (Wildman–Crippen MR) is 77.7 cm³/mol. The molecule has 4 N–H and O–H groups in total. The lowest BCUT2D eigenvalue weighted by Crippen LogP contribution is -2.08. The number of aryl methyl sites for hydroxylation is 2. The maximum atomic E-state index is 6.19. The minimum absolute atomic E-state index is 0.687. The Balaban J connectivity index is 2.36. The molecule has 0 radical (unpaired) electrons. The second-order valence-electron chi connectivity index (χ2n) is 4.99. The molecular weight excluding hydrogens is 220 g/mol. The van der Waals surface area contributed by atoms with Crippen molar-refractivity contribution in [2.24, 2.45) is 0 Å². The van der Waals surface area contributed by atoms with Crippen LogP contribution in [0.15, 0.2) is 36.4 Å². The van der Waals surface area contributed by atoms with Gasteiger partial charge in [-0.15, -0.1) is 0 Å². The normalized spacial score (nSPS) is 13.6. The highest BCUT2D eigenvalue weighted by Gasteiger charge is 2.21. The first-order valence-corrected chi connectivity index (χ1v) is 6.27. The standard InChI is InChI=1S/C16H14N2/c17-14-8-7-13-11-5-6-12(15(13)16(14)18)10-4-2-1-3-9(10)11/h1-4,7-8H,5-6,17-18H2. The molecule has 2 aliphatic carbocycles. The smallest absolute Gasteiger partial charge is 0.0630 e. The average molecular weight is 234 g/mol. The van der Waals surface area contributed by atoms with Crippen molar-refractivity contribution in [1.29, 1.82) is 0 Å². The number of benzene rings is 3. The first-order chi connectivity index (χ1) is 8.77. The molecule has 0 aliphatic heterocycles. The highest BCUT2D eigenvalue weighted by atomic mass is 14.7. The average Bonchev–Trinajstić information content (AvgIpc) is 2.43. The lowest BCUT2D eigenvalue weighted by Gasteiger charge is -2.23. The number of nitrogens with two attached hydrogens (primary N) is 2. The van der Waals surface area contributed by atoms with Crippen LogP contribution in [0.4, 0.5) is 11.4 Å². The number of fused-ring (bicyclic) bond motifs is 1. The van der Waals surface area contributed by atoms with Gasteiger partial charge >= 0.3 is 0 Å². The third-order valence-electron chi connectivity index (χ3n) is 4.11. The van der Waals surface area contributed by atoms with Crippen LogP contribution in [0, 0.1) is 0 Å². The summed E-state index contributed by atoms with van der Waals surface area (Å²) in [6.07, 6.45) is 2.19. The van der Waals surface area contributed by atoms with Gasteiger partial charge in [-0.2, -0.15) is 0 Å². The van der Waals surface area contributed by atoms with Gasteiger partial charge in [0.05, 0.1) is 11.4 Å². The molecule has 88 valence electrons. The zero-order valence-electron chi connectivity index (χ0n) is 10.0. The summed E-state index contributed by atoms with van der Waals surface area (Å²) in [6.45, 7) is 0. The highest BCUT2D eigenvalue weighted by Crippen LogP contribution is 2.42. The van der Waals surface area contributed by atoms with E-state index in [0.29, 0.717) is 5.69 Å². The first-order valence-electron chi connectivity index (χ1n) is 6.27. The van der Waals surface area contributed by atoms with Gasteiger partial charge in [0, 0.05) is 5.39 Å². The van der Waals surface area contributed by atoms with Crippen LogP contribution in [0.3, 0.4) is 0 Å². The van der Waals surface area contributed by atoms with Crippen LogP contribution in [-0.2, 0) is 12.8 Å². The number of nitrogen functional groups attached to an aromatic ring is 2. The van der Waals surface area contributed by atoms with Crippen molar-refractivity contribution >= 4 is 32.9 Å². The molecule has 0 heterocycles. The monoisotopic (exact) mass is 234 g/mol. The Morgan fingerprint density at radius 3 is 2.17 bits per heavy atom. The fourth-order valence-electron chi connectivity index (χ4n) is 3.28. The van der Waals surface area contributed by atoms with E-state index in [4.69, 9.17) is 11.5 Å². The van der Waals surface area contributed by atoms with Crippen molar-refractivity contribution in [2.45, 2.75) is 12.8 Å². The third-order valence-corrected chi connectivity index (χ3v) is 4.11. The molecule has 0 atom stereocenters. The van der Waals surface area contributed by atoms with E-state index in [2.05, 4.69) is 30.3 Å². The molecule has 2 bridgehead atoms. The summed E-state index contributed by atoms with van der Waals surface area (Å²) >= 11 is 0. The molecule has 0 aromatic heterocycles. The summed E-state index contributed by atoms with van der Waals surface area (Å²) in [4.78, 5) is 0. The summed E-state index contributed by atoms with van der Waals surface area (Å²) < 4.78 is 0. The Morgan fingerprint density at radius 1 is 0.722 bits per heavy atom. The second-order valence-corrected chi connectivity index (χ2v) is 4.99. The number of anilines is 2. The molecule has 0 amide bonds. The van der Waals surface area contributed by atoms with E-state index in [-0.39, 0.29) is 0 Å². The molecule has 0 unspecified atom stereocenters. The van der Waals surface area contributed by atoms with E-state index < -0.39 is 0 Å². The van der Waals surface area contributed by atoms with Crippen molar-refractivity contribution in [1.82, 2.24) is 0 Å². The molecule has 2 nitrogen and oxygen atoms in total. The molecule has 3 aromatic rings. The second kappa shape index (κ2) is 3.16. The van der Waals surface area contributed by atoms with Gasteiger partial charge in [-0.3, -0.25) is 0 Å². The lowest BCUT2D eigenvalue weighted by molar-refractivity contribution is 0.973. The number of rotatable bonds is 0. The summed E-state index contributed by atoms with van der Waals surface area (Å²) in [5, 5.41) is 5.16. The maximum absolute atomic E-state index is 6.19. The Kier molecular flexibility index (Phi) is 1.72. The Morgan fingerprint density at radius 2 is 1.39 bits per heavy atom. The van der Waals surface area contributed by atoms with Gasteiger partial charge in [-0.1, -0.05) is 30.3 Å². The molecule has 5 rings (SSSR count). The van der Waals surface area contributed by atoms with Gasteiger partial charge in [0.25, 0.3) is 0 Å². The summed E-state index contributed by atoms with van der Waals surface area (Å²) in [7, 11) is 0. The summed E-state index contributed by atoms with van der Waals surface area (Å²) in [5.41, 5.74) is 16.3. The Bertz CT molecular complexity index is 803. The quantitative estimate of drug-likeness (QED) is 0.463. The van der Waals surface area contributed by atoms with E-state index in [0.717, 1.165) is 18.5 Å². The minimum Gasteiger partial charge on any atom is -0.397 e. The zero-order valence-corrected chi connectivity index (χ0v) is 10.0. The molecule has 18 heavy (non-hydrogen) atoms. The van der Waals surface area contributed by atoms with Crippen LogP contribution in [0.5, 0.6) is 0 Å². The van der Waals surface area contributed by atoms with Gasteiger partial charge < -0.3 is 11.5 Å². The van der Waals surface area contributed by atoms with Gasteiger partial charge in [0.15, 0.2) is 0 Å². The van der Waals surface area contributed by atoms with Gasteiger partial charge in [0.2, 0.25) is 0 Å². The summed E-state index contributed by atoms with van der Waals surface area (Å²) in [6, 6.07) is 12.6. The predicted octanol–water partition coefficient (Wildman–Crippen LogP) is 3.26. The first kappa shape index (κ1) is 9.77. The van der Waals surface area contributed by atoms with Crippen LogP contribution < -0.4 is 11.5 Å². The zero-order chi connectivity index (χ0) is 12.3. The molecule has 0 saturated heterocycles. The van der Waals surface area contributed by atoms with Gasteiger partial charge in [-0.05, 0) is 46.2 Å². The van der Waals surface area contributed by atoms with E-state index in [9.17, 15) is 0 Å². The van der Waals surface area contributed by atoms with Crippen molar-refractivity contribution in [3.63, 3.8) is 0 Å². The van der Waals surface area contributed by atoms with Gasteiger partial charge in [0.1, 0.15) is 0 Å². The van der Waals surface area contributed by atoms with Crippen LogP contribution >= 0.6 is 0 Å². The van der Waals surface area contributed by atoms with Crippen molar-refractivity contribution in [3.8, 4) is 0 Å². The molecular formula is C16H14N2.